The highest BCUT2D eigenvalue weighted by Crippen LogP contribution is 2.46. The molecule has 1 aliphatic rings. The van der Waals surface area contributed by atoms with Crippen molar-refractivity contribution in [3.8, 4) is 17.2 Å². The molecule has 0 amide bonds. The Kier molecular flexibility index (Phi) is 4.96. The van der Waals surface area contributed by atoms with Crippen molar-refractivity contribution in [2.24, 2.45) is 0 Å². The van der Waals surface area contributed by atoms with Gasteiger partial charge in [0.25, 0.3) is 0 Å². The largest absolute Gasteiger partial charge is 0.493 e. The highest BCUT2D eigenvalue weighted by molar-refractivity contribution is 5.83. The number of benzene rings is 3. The van der Waals surface area contributed by atoms with Crippen LogP contribution >= 0.6 is 0 Å². The van der Waals surface area contributed by atoms with Crippen LogP contribution in [0.4, 0.5) is 11.4 Å². The van der Waals surface area contributed by atoms with Crippen LogP contribution in [0.15, 0.2) is 79.0 Å². The Balaban J connectivity index is 1.27. The number of carboxylic acid groups (broad SMARTS) is 1. The van der Waals surface area contributed by atoms with Gasteiger partial charge in [0.2, 0.25) is 0 Å². The van der Waals surface area contributed by atoms with E-state index in [4.69, 9.17) is 14.6 Å². The highest BCUT2D eigenvalue weighted by atomic mass is 16.5. The van der Waals surface area contributed by atoms with Gasteiger partial charge in [0.15, 0.2) is 11.5 Å². The van der Waals surface area contributed by atoms with Crippen LogP contribution in [-0.4, -0.2) is 28.8 Å². The maximum Gasteiger partial charge on any atom is 0.323 e. The fourth-order valence-corrected chi connectivity index (χ4v) is 3.97. The zero-order valence-electron chi connectivity index (χ0n) is 16.9. The summed E-state index contributed by atoms with van der Waals surface area (Å²) in [5.41, 5.74) is 2.96. The van der Waals surface area contributed by atoms with Gasteiger partial charge < -0.3 is 24.0 Å². The topological polar surface area (TPSA) is 63.9 Å². The first-order chi connectivity index (χ1) is 15.2. The van der Waals surface area contributed by atoms with Crippen molar-refractivity contribution < 1.29 is 19.4 Å². The van der Waals surface area contributed by atoms with Crippen LogP contribution in [0.2, 0.25) is 0 Å². The van der Waals surface area contributed by atoms with Gasteiger partial charge in [-0.3, -0.25) is 4.79 Å². The molecule has 0 fully saturated rings. The first-order valence-corrected chi connectivity index (χ1v) is 10.3. The number of carbonyl (C=O) groups is 1. The molecule has 3 aromatic carbocycles. The van der Waals surface area contributed by atoms with Crippen LogP contribution in [0.1, 0.15) is 6.42 Å². The molecule has 0 unspecified atom stereocenters. The molecular weight excluding hydrogens is 392 g/mol. The van der Waals surface area contributed by atoms with Gasteiger partial charge in [0, 0.05) is 18.8 Å². The summed E-state index contributed by atoms with van der Waals surface area (Å²) in [4.78, 5) is 13.3. The number of aliphatic carboxylic acids is 1. The van der Waals surface area contributed by atoms with Crippen LogP contribution in [0.5, 0.6) is 17.2 Å². The Morgan fingerprint density at radius 3 is 2.35 bits per heavy atom. The number of ether oxygens (including phenoxy) is 2. The molecule has 1 aliphatic heterocycles. The lowest BCUT2D eigenvalue weighted by Gasteiger charge is -2.32. The fourth-order valence-electron chi connectivity index (χ4n) is 3.97. The van der Waals surface area contributed by atoms with Crippen molar-refractivity contribution in [2.45, 2.75) is 13.0 Å². The quantitative estimate of drug-likeness (QED) is 0.408. The van der Waals surface area contributed by atoms with Gasteiger partial charge in [-0.1, -0.05) is 24.3 Å². The van der Waals surface area contributed by atoms with Crippen LogP contribution in [0.25, 0.3) is 10.9 Å². The molecule has 5 rings (SSSR count). The number of carboxylic acids is 1. The van der Waals surface area contributed by atoms with Gasteiger partial charge in [-0.2, -0.15) is 0 Å². The predicted octanol–water partition coefficient (Wildman–Crippen LogP) is 5.44. The number of hydrogen-bond acceptors (Lipinski definition) is 4. The van der Waals surface area contributed by atoms with E-state index in [1.54, 1.807) is 10.8 Å². The minimum Gasteiger partial charge on any atom is -0.493 e. The third kappa shape index (κ3) is 3.80. The zero-order chi connectivity index (χ0) is 21.2. The van der Waals surface area contributed by atoms with Gasteiger partial charge in [0.1, 0.15) is 12.3 Å². The normalized spacial score (nSPS) is 12.2. The highest BCUT2D eigenvalue weighted by Gasteiger charge is 2.23. The molecule has 0 saturated heterocycles. The minimum absolute atomic E-state index is 0.0667. The Morgan fingerprint density at radius 2 is 1.65 bits per heavy atom. The molecule has 0 saturated carbocycles. The molecule has 6 nitrogen and oxygen atoms in total. The number of para-hydroxylation sites is 4. The molecular formula is C25H22N2O4. The van der Waals surface area contributed by atoms with Crippen molar-refractivity contribution in [3.63, 3.8) is 0 Å². The second-order valence-corrected chi connectivity index (χ2v) is 7.45. The maximum absolute atomic E-state index is 11.1. The summed E-state index contributed by atoms with van der Waals surface area (Å²) in [6, 6.07) is 23.8. The molecule has 0 radical (unpaired) electrons. The predicted molar refractivity (Wildman–Crippen MR) is 120 cm³/mol. The number of hydrogen-bond donors (Lipinski definition) is 1. The molecule has 1 N–H and O–H groups in total. The average molecular weight is 414 g/mol. The molecule has 4 aromatic rings. The number of rotatable bonds is 7. The Hall–Kier alpha value is -3.93. The standard InChI is InChI=1S/C25H22N2O4/c28-25(29)17-26-14-12-18-10-11-19(16-22(18)26)30-15-5-13-27-20-6-1-3-8-23(20)31-24-9-4-2-7-21(24)27/h1-4,6-12,14,16H,5,13,15,17H2,(H,28,29). The summed E-state index contributed by atoms with van der Waals surface area (Å²) in [5.74, 6) is 1.58. The zero-order valence-corrected chi connectivity index (χ0v) is 16.9. The lowest BCUT2D eigenvalue weighted by atomic mass is 10.1. The maximum atomic E-state index is 11.1. The van der Waals surface area contributed by atoms with Gasteiger partial charge in [-0.15, -0.1) is 0 Å². The lowest BCUT2D eigenvalue weighted by Crippen LogP contribution is -2.23. The minimum atomic E-state index is -0.866. The van der Waals surface area contributed by atoms with Crippen LogP contribution < -0.4 is 14.4 Å². The summed E-state index contributed by atoms with van der Waals surface area (Å²) < 4.78 is 13.7. The lowest BCUT2D eigenvalue weighted by molar-refractivity contribution is -0.137. The monoisotopic (exact) mass is 414 g/mol. The molecule has 156 valence electrons. The van der Waals surface area contributed by atoms with E-state index >= 15 is 0 Å². The van der Waals surface area contributed by atoms with E-state index < -0.39 is 5.97 Å². The van der Waals surface area contributed by atoms with Gasteiger partial charge >= 0.3 is 5.97 Å². The van der Waals surface area contributed by atoms with Crippen molar-refractivity contribution in [1.29, 1.82) is 0 Å². The third-order valence-electron chi connectivity index (χ3n) is 5.38. The molecule has 2 heterocycles. The average Bonchev–Trinajstić information content (AvgIpc) is 3.17. The first-order valence-electron chi connectivity index (χ1n) is 10.3. The SMILES string of the molecule is O=C(O)Cn1ccc2ccc(OCCCN3c4ccccc4Oc4ccccc43)cc21. The van der Waals surface area contributed by atoms with Crippen molar-refractivity contribution >= 4 is 28.2 Å². The number of aromatic nitrogens is 1. The Bertz CT molecular complexity index is 1200. The van der Waals surface area contributed by atoms with Gasteiger partial charge in [-0.05, 0) is 54.3 Å². The molecule has 0 spiro atoms. The number of fused-ring (bicyclic) bond motifs is 3. The number of anilines is 2. The Morgan fingerprint density at radius 1 is 0.935 bits per heavy atom. The second kappa shape index (κ2) is 8.07. The van der Waals surface area contributed by atoms with Crippen molar-refractivity contribution in [1.82, 2.24) is 4.57 Å². The fraction of sp³-hybridized carbons (Fsp3) is 0.160. The second-order valence-electron chi connectivity index (χ2n) is 7.45. The molecule has 0 atom stereocenters. The molecule has 1 aromatic heterocycles. The number of nitrogens with zero attached hydrogens (tertiary/aromatic N) is 2. The van der Waals surface area contributed by atoms with Crippen LogP contribution in [0.3, 0.4) is 0 Å². The molecule has 31 heavy (non-hydrogen) atoms. The third-order valence-corrected chi connectivity index (χ3v) is 5.38. The van der Waals surface area contributed by atoms with E-state index in [1.165, 1.54) is 0 Å². The molecule has 0 bridgehead atoms. The summed E-state index contributed by atoms with van der Waals surface area (Å²) in [6.45, 7) is 1.27. The van der Waals surface area contributed by atoms with E-state index in [9.17, 15) is 4.79 Å². The summed E-state index contributed by atoms with van der Waals surface area (Å²) in [7, 11) is 0. The summed E-state index contributed by atoms with van der Waals surface area (Å²) >= 11 is 0. The van der Waals surface area contributed by atoms with Crippen LogP contribution in [-0.2, 0) is 11.3 Å². The summed E-state index contributed by atoms with van der Waals surface area (Å²) in [5, 5.41) is 10.1. The van der Waals surface area contributed by atoms with E-state index in [0.29, 0.717) is 6.61 Å². The molecule has 0 aliphatic carbocycles. The van der Waals surface area contributed by atoms with E-state index in [2.05, 4.69) is 17.0 Å². The smallest absolute Gasteiger partial charge is 0.323 e. The Labute approximate surface area is 179 Å². The summed E-state index contributed by atoms with van der Waals surface area (Å²) in [6.07, 6.45) is 2.60. The van der Waals surface area contributed by atoms with E-state index in [0.717, 1.165) is 52.5 Å². The van der Waals surface area contributed by atoms with Crippen LogP contribution in [0, 0.1) is 0 Å². The molecule has 6 heteroatoms. The van der Waals surface area contributed by atoms with E-state index in [-0.39, 0.29) is 6.54 Å². The first kappa shape index (κ1) is 19.1. The van der Waals surface area contributed by atoms with Gasteiger partial charge in [-0.25, -0.2) is 0 Å². The van der Waals surface area contributed by atoms with E-state index in [1.807, 2.05) is 60.7 Å². The van der Waals surface area contributed by atoms with Gasteiger partial charge in [0.05, 0.1) is 23.5 Å². The van der Waals surface area contributed by atoms with Crippen molar-refractivity contribution in [3.05, 3.63) is 79.0 Å². The van der Waals surface area contributed by atoms with Crippen molar-refractivity contribution in [2.75, 3.05) is 18.1 Å².